The molecule has 1 heterocycles. The summed E-state index contributed by atoms with van der Waals surface area (Å²) in [5, 5.41) is 8.95. The monoisotopic (exact) mass is 389 g/mol. The van der Waals surface area contributed by atoms with Gasteiger partial charge in [-0.2, -0.15) is 0 Å². The van der Waals surface area contributed by atoms with Gasteiger partial charge < -0.3 is 10.0 Å². The van der Waals surface area contributed by atoms with Crippen molar-refractivity contribution in [1.82, 2.24) is 14.7 Å². The first-order chi connectivity index (χ1) is 11.9. The van der Waals surface area contributed by atoms with E-state index >= 15 is 0 Å². The van der Waals surface area contributed by atoms with E-state index in [1.165, 1.54) is 12.8 Å². The molecule has 1 saturated carbocycles. The normalized spacial score (nSPS) is 27.5. The van der Waals surface area contributed by atoms with Gasteiger partial charge in [0.25, 0.3) is 0 Å². The Labute approximate surface area is 164 Å². The predicted molar refractivity (Wildman–Crippen MR) is 106 cm³/mol. The van der Waals surface area contributed by atoms with E-state index in [1.807, 2.05) is 23.9 Å². The van der Waals surface area contributed by atoms with Crippen molar-refractivity contribution in [2.75, 3.05) is 40.3 Å². The molecule has 0 aromatic carbocycles. The molecule has 1 saturated heterocycles. The van der Waals surface area contributed by atoms with Crippen LogP contribution in [0.5, 0.6) is 0 Å². The van der Waals surface area contributed by atoms with Crippen LogP contribution in [0, 0.1) is 5.92 Å². The number of carboxylic acids is 1. The number of rotatable bonds is 6. The largest absolute Gasteiger partial charge is 0.480 e. The molecule has 2 rings (SSSR count). The summed E-state index contributed by atoms with van der Waals surface area (Å²) in [7, 11) is 3.85. The second-order valence-corrected chi connectivity index (χ2v) is 8.09. The van der Waals surface area contributed by atoms with Gasteiger partial charge in [-0.05, 0) is 64.5 Å². The minimum absolute atomic E-state index is 0. The van der Waals surface area contributed by atoms with Crippen LogP contribution in [0.1, 0.15) is 51.9 Å². The molecule has 1 amide bonds. The molecule has 0 spiro atoms. The van der Waals surface area contributed by atoms with Gasteiger partial charge in [0.05, 0.1) is 13.1 Å². The zero-order chi connectivity index (χ0) is 18.4. The number of nitrogens with zero attached hydrogens (tertiary/aromatic N) is 3. The molecule has 0 aromatic heterocycles. The lowest BCUT2D eigenvalue weighted by molar-refractivity contribution is -0.138. The molecule has 1 aliphatic heterocycles. The number of likely N-dealkylation sites (tertiary alicyclic amines) is 1. The van der Waals surface area contributed by atoms with Gasteiger partial charge in [-0.1, -0.05) is 6.92 Å². The van der Waals surface area contributed by atoms with E-state index in [1.54, 1.807) is 0 Å². The van der Waals surface area contributed by atoms with Gasteiger partial charge in [-0.15, -0.1) is 12.4 Å². The lowest BCUT2D eigenvalue weighted by Crippen LogP contribution is -2.45. The maximum absolute atomic E-state index is 12.7. The molecule has 2 fully saturated rings. The number of carboxylic acid groups (broad SMARTS) is 1. The Hall–Kier alpha value is -0.850. The van der Waals surface area contributed by atoms with Crippen molar-refractivity contribution in [3.63, 3.8) is 0 Å². The molecule has 1 N–H and O–H groups in total. The van der Waals surface area contributed by atoms with Crippen LogP contribution in [0.25, 0.3) is 0 Å². The van der Waals surface area contributed by atoms with E-state index in [9.17, 15) is 9.59 Å². The molecule has 7 heteroatoms. The van der Waals surface area contributed by atoms with Gasteiger partial charge in [-0.25, -0.2) is 0 Å². The lowest BCUT2D eigenvalue weighted by Gasteiger charge is -2.34. The molecule has 0 aromatic rings. The van der Waals surface area contributed by atoms with Crippen LogP contribution >= 0.6 is 12.4 Å². The van der Waals surface area contributed by atoms with Crippen LogP contribution in [-0.2, 0) is 9.59 Å². The number of carbonyl (C=O) groups is 2. The third-order valence-corrected chi connectivity index (χ3v) is 6.08. The Balaban J connectivity index is 0.00000338. The first-order valence-electron chi connectivity index (χ1n) is 9.77. The third kappa shape index (κ3) is 7.05. The van der Waals surface area contributed by atoms with Gasteiger partial charge in [0.2, 0.25) is 5.91 Å². The Bertz CT molecular complexity index is 455. The fourth-order valence-electron chi connectivity index (χ4n) is 4.22. The highest BCUT2D eigenvalue weighted by molar-refractivity contribution is 5.85. The molecule has 1 atom stereocenters. The molecular weight excluding hydrogens is 354 g/mol. The van der Waals surface area contributed by atoms with E-state index in [0.717, 1.165) is 51.1 Å². The van der Waals surface area contributed by atoms with Gasteiger partial charge in [0, 0.05) is 25.7 Å². The van der Waals surface area contributed by atoms with Crippen LogP contribution in [0.4, 0.5) is 0 Å². The summed E-state index contributed by atoms with van der Waals surface area (Å²) in [6, 6.07) is 0.707. The topological polar surface area (TPSA) is 64.1 Å². The van der Waals surface area contributed by atoms with Crippen molar-refractivity contribution in [3.8, 4) is 0 Å². The van der Waals surface area contributed by atoms with Crippen LogP contribution < -0.4 is 0 Å². The summed E-state index contributed by atoms with van der Waals surface area (Å²) in [4.78, 5) is 29.7. The Morgan fingerprint density at radius 1 is 1.00 bits per heavy atom. The van der Waals surface area contributed by atoms with Crippen molar-refractivity contribution >= 4 is 24.3 Å². The number of aliphatic carboxylic acids is 1. The smallest absolute Gasteiger partial charge is 0.317 e. The highest BCUT2D eigenvalue weighted by Crippen LogP contribution is 2.26. The standard InChI is InChI=1S/C19H35N3O3.ClH/c1-15-6-8-17(9-7-15)21(3)18(23)13-22-11-4-5-16(10-12-22)20(2)14-19(24)25;/h15-17H,4-14H2,1-3H3,(H,24,25);1H. The molecule has 0 radical (unpaired) electrons. The number of hydrogen-bond donors (Lipinski definition) is 1. The second kappa shape index (κ2) is 11.1. The van der Waals surface area contributed by atoms with E-state index in [0.29, 0.717) is 18.6 Å². The summed E-state index contributed by atoms with van der Waals surface area (Å²) in [5.74, 6) is 0.254. The van der Waals surface area contributed by atoms with Crippen LogP contribution in [0.15, 0.2) is 0 Å². The van der Waals surface area contributed by atoms with Crippen molar-refractivity contribution in [2.24, 2.45) is 5.92 Å². The highest BCUT2D eigenvalue weighted by Gasteiger charge is 2.27. The van der Waals surface area contributed by atoms with Gasteiger partial charge in [-0.3, -0.25) is 19.4 Å². The van der Waals surface area contributed by atoms with E-state index in [2.05, 4.69) is 11.8 Å². The number of amides is 1. The summed E-state index contributed by atoms with van der Waals surface area (Å²) in [6.07, 6.45) is 7.67. The number of likely N-dealkylation sites (N-methyl/N-ethyl adjacent to an activating group) is 2. The van der Waals surface area contributed by atoms with Crippen molar-refractivity contribution < 1.29 is 14.7 Å². The van der Waals surface area contributed by atoms with Crippen molar-refractivity contribution in [2.45, 2.75) is 64.0 Å². The minimum atomic E-state index is -0.776. The van der Waals surface area contributed by atoms with Crippen molar-refractivity contribution in [1.29, 1.82) is 0 Å². The lowest BCUT2D eigenvalue weighted by atomic mass is 9.87. The van der Waals surface area contributed by atoms with Crippen LogP contribution in [0.3, 0.4) is 0 Å². The average Bonchev–Trinajstić information content (AvgIpc) is 2.80. The summed E-state index contributed by atoms with van der Waals surface area (Å²) >= 11 is 0. The van der Waals surface area contributed by atoms with Gasteiger partial charge in [0.1, 0.15) is 0 Å². The fourth-order valence-corrected chi connectivity index (χ4v) is 4.22. The minimum Gasteiger partial charge on any atom is -0.480 e. The average molecular weight is 390 g/mol. The number of halogens is 1. The van der Waals surface area contributed by atoms with Crippen molar-refractivity contribution in [3.05, 3.63) is 0 Å². The summed E-state index contributed by atoms with van der Waals surface area (Å²) in [6.45, 7) is 4.69. The first-order valence-corrected chi connectivity index (χ1v) is 9.77. The van der Waals surface area contributed by atoms with Crippen LogP contribution in [0.2, 0.25) is 0 Å². The molecule has 1 unspecified atom stereocenters. The second-order valence-electron chi connectivity index (χ2n) is 8.09. The van der Waals surface area contributed by atoms with E-state index < -0.39 is 5.97 Å². The van der Waals surface area contributed by atoms with Crippen LogP contribution in [-0.4, -0.2) is 84.0 Å². The fraction of sp³-hybridized carbons (Fsp3) is 0.895. The summed E-state index contributed by atoms with van der Waals surface area (Å²) in [5.41, 5.74) is 0. The first kappa shape index (κ1) is 23.2. The zero-order valence-electron chi connectivity index (χ0n) is 16.5. The molecule has 2 aliphatic rings. The molecule has 1 aliphatic carbocycles. The van der Waals surface area contributed by atoms with Gasteiger partial charge in [0.15, 0.2) is 0 Å². The SMILES string of the molecule is CC1CCC(N(C)C(=O)CN2CCCC(N(C)CC(=O)O)CC2)CC1.Cl. The quantitative estimate of drug-likeness (QED) is 0.755. The maximum atomic E-state index is 12.7. The molecule has 26 heavy (non-hydrogen) atoms. The Morgan fingerprint density at radius 2 is 1.65 bits per heavy atom. The third-order valence-electron chi connectivity index (χ3n) is 6.08. The predicted octanol–water partition coefficient (Wildman–Crippen LogP) is 2.32. The van der Waals surface area contributed by atoms with E-state index in [-0.39, 0.29) is 24.9 Å². The van der Waals surface area contributed by atoms with E-state index in [4.69, 9.17) is 5.11 Å². The Morgan fingerprint density at radius 3 is 2.27 bits per heavy atom. The number of hydrogen-bond acceptors (Lipinski definition) is 4. The Kier molecular flexibility index (Phi) is 9.90. The number of carbonyl (C=O) groups excluding carboxylic acids is 1. The maximum Gasteiger partial charge on any atom is 0.317 e. The molecule has 6 nitrogen and oxygen atoms in total. The molecule has 152 valence electrons. The summed E-state index contributed by atoms with van der Waals surface area (Å²) < 4.78 is 0. The van der Waals surface area contributed by atoms with Gasteiger partial charge >= 0.3 is 5.97 Å². The molecular formula is C19H36ClN3O3. The molecule has 0 bridgehead atoms. The highest BCUT2D eigenvalue weighted by atomic mass is 35.5. The zero-order valence-corrected chi connectivity index (χ0v) is 17.3.